The normalized spacial score (nSPS) is 10.6. The second kappa shape index (κ2) is 9.21. The van der Waals surface area contributed by atoms with Crippen molar-refractivity contribution in [1.29, 1.82) is 0 Å². The zero-order chi connectivity index (χ0) is 18.3. The summed E-state index contributed by atoms with van der Waals surface area (Å²) in [6.07, 6.45) is 0.276. The van der Waals surface area contributed by atoms with Gasteiger partial charge in [0.05, 0.1) is 6.54 Å². The number of nitrogens with one attached hydrogen (secondary N) is 1. The van der Waals surface area contributed by atoms with Gasteiger partial charge >= 0.3 is 0 Å². The highest BCUT2D eigenvalue weighted by Crippen LogP contribution is 2.13. The molecular formula is C19H28N2O3. The first-order valence-electron chi connectivity index (χ1n) is 8.42. The van der Waals surface area contributed by atoms with E-state index < -0.39 is 0 Å². The Morgan fingerprint density at radius 2 is 1.75 bits per heavy atom. The molecule has 0 spiro atoms. The second-order valence-corrected chi connectivity index (χ2v) is 6.35. The molecule has 1 rings (SSSR count). The van der Waals surface area contributed by atoms with E-state index in [0.717, 1.165) is 11.1 Å². The summed E-state index contributed by atoms with van der Waals surface area (Å²) in [5.74, 6) is -0.400. The van der Waals surface area contributed by atoms with E-state index in [2.05, 4.69) is 5.32 Å². The molecule has 0 atom stereocenters. The summed E-state index contributed by atoms with van der Waals surface area (Å²) in [5, 5.41) is 2.76. The number of hydrogen-bond donors (Lipinski definition) is 1. The lowest BCUT2D eigenvalue weighted by atomic mass is 10.0. The van der Waals surface area contributed by atoms with Crippen LogP contribution < -0.4 is 5.32 Å². The number of carbonyl (C=O) groups is 3. The molecule has 0 saturated carbocycles. The number of carbonyl (C=O) groups excluding carboxylic acids is 3. The molecule has 1 aromatic carbocycles. The molecule has 5 nitrogen and oxygen atoms in total. The summed E-state index contributed by atoms with van der Waals surface area (Å²) in [6.45, 7) is 10.0. The number of rotatable bonds is 8. The molecule has 1 aromatic rings. The molecule has 24 heavy (non-hydrogen) atoms. The lowest BCUT2D eigenvalue weighted by Gasteiger charge is -2.21. The van der Waals surface area contributed by atoms with Crippen LogP contribution in [0.3, 0.4) is 0 Å². The van der Waals surface area contributed by atoms with Crippen molar-refractivity contribution in [3.8, 4) is 0 Å². The third-order valence-corrected chi connectivity index (χ3v) is 3.91. The van der Waals surface area contributed by atoms with Crippen molar-refractivity contribution in [3.05, 3.63) is 34.9 Å². The van der Waals surface area contributed by atoms with Crippen molar-refractivity contribution in [1.82, 2.24) is 10.2 Å². The molecule has 0 fully saturated rings. The van der Waals surface area contributed by atoms with Crippen molar-refractivity contribution in [2.75, 3.05) is 13.1 Å². The van der Waals surface area contributed by atoms with Crippen LogP contribution in [0.4, 0.5) is 0 Å². The van der Waals surface area contributed by atoms with E-state index in [1.807, 2.05) is 46.8 Å². The fourth-order valence-corrected chi connectivity index (χ4v) is 2.36. The lowest BCUT2D eigenvalue weighted by molar-refractivity contribution is -0.136. The molecule has 0 unspecified atom stereocenters. The van der Waals surface area contributed by atoms with Crippen molar-refractivity contribution in [2.24, 2.45) is 0 Å². The van der Waals surface area contributed by atoms with Gasteiger partial charge in [-0.2, -0.15) is 0 Å². The Kier molecular flexibility index (Phi) is 7.62. The van der Waals surface area contributed by atoms with Crippen LogP contribution in [0, 0.1) is 13.8 Å². The van der Waals surface area contributed by atoms with Crippen LogP contribution in [-0.4, -0.2) is 41.6 Å². The summed E-state index contributed by atoms with van der Waals surface area (Å²) >= 11 is 0. The zero-order valence-corrected chi connectivity index (χ0v) is 15.3. The van der Waals surface area contributed by atoms with Crippen molar-refractivity contribution < 1.29 is 14.4 Å². The highest BCUT2D eigenvalue weighted by molar-refractivity contribution is 5.98. The van der Waals surface area contributed by atoms with Gasteiger partial charge in [-0.15, -0.1) is 0 Å². The number of amides is 2. The molecule has 132 valence electrons. The van der Waals surface area contributed by atoms with Gasteiger partial charge in [-0.3, -0.25) is 14.4 Å². The maximum absolute atomic E-state index is 12.2. The minimum Gasteiger partial charge on any atom is -0.352 e. The smallest absolute Gasteiger partial charge is 0.239 e. The first-order valence-corrected chi connectivity index (χ1v) is 8.42. The molecule has 2 amide bonds. The molecular weight excluding hydrogens is 304 g/mol. The summed E-state index contributed by atoms with van der Waals surface area (Å²) in [6, 6.07) is 5.61. The van der Waals surface area contributed by atoms with Gasteiger partial charge in [0, 0.05) is 31.0 Å². The lowest BCUT2D eigenvalue weighted by Crippen LogP contribution is -2.42. The van der Waals surface area contributed by atoms with Gasteiger partial charge in [-0.25, -0.2) is 0 Å². The van der Waals surface area contributed by atoms with Gasteiger partial charge in [0.1, 0.15) is 0 Å². The highest BCUT2D eigenvalue weighted by atomic mass is 16.2. The van der Waals surface area contributed by atoms with E-state index in [1.165, 1.54) is 4.90 Å². The molecule has 0 saturated heterocycles. The van der Waals surface area contributed by atoms with Crippen LogP contribution in [0.15, 0.2) is 18.2 Å². The van der Waals surface area contributed by atoms with Crippen molar-refractivity contribution in [2.45, 2.75) is 53.5 Å². The molecule has 5 heteroatoms. The molecule has 0 bridgehead atoms. The van der Waals surface area contributed by atoms with Gasteiger partial charge in [-0.05, 0) is 51.8 Å². The zero-order valence-electron chi connectivity index (χ0n) is 15.3. The van der Waals surface area contributed by atoms with Crippen LogP contribution in [0.5, 0.6) is 0 Å². The van der Waals surface area contributed by atoms with Crippen LogP contribution in [0.2, 0.25) is 0 Å². The maximum atomic E-state index is 12.2. The van der Waals surface area contributed by atoms with Crippen molar-refractivity contribution in [3.63, 3.8) is 0 Å². The van der Waals surface area contributed by atoms with E-state index in [0.29, 0.717) is 12.1 Å². The standard InChI is InChI=1S/C19H28N2O3/c1-6-21(12-18(23)20-13(2)3)19(24)10-9-17(22)16-8-7-14(4)15(5)11-16/h7-8,11,13H,6,9-10,12H2,1-5H3,(H,20,23). The SMILES string of the molecule is CCN(CC(=O)NC(C)C)C(=O)CCC(=O)c1ccc(C)c(C)c1. The van der Waals surface area contributed by atoms with Crippen LogP contribution in [-0.2, 0) is 9.59 Å². The van der Waals surface area contributed by atoms with Crippen LogP contribution in [0.25, 0.3) is 0 Å². The Labute approximate surface area is 144 Å². The van der Waals surface area contributed by atoms with E-state index in [1.54, 1.807) is 6.07 Å². The number of benzene rings is 1. The molecule has 0 heterocycles. The molecule has 0 radical (unpaired) electrons. The number of ketones is 1. The maximum Gasteiger partial charge on any atom is 0.239 e. The molecule has 1 N–H and O–H groups in total. The number of nitrogens with zero attached hydrogens (tertiary/aromatic N) is 1. The average molecular weight is 332 g/mol. The van der Waals surface area contributed by atoms with Crippen molar-refractivity contribution >= 4 is 17.6 Å². The third kappa shape index (κ3) is 6.14. The Bertz CT molecular complexity index is 609. The van der Waals surface area contributed by atoms with E-state index in [-0.39, 0.29) is 43.0 Å². The van der Waals surface area contributed by atoms with E-state index in [9.17, 15) is 14.4 Å². The second-order valence-electron chi connectivity index (χ2n) is 6.35. The summed E-state index contributed by atoms with van der Waals surface area (Å²) in [7, 11) is 0. The number of Topliss-reactive ketones (excluding diaryl/α,β-unsaturated/α-hetero) is 1. The summed E-state index contributed by atoms with van der Waals surface area (Å²) < 4.78 is 0. The quantitative estimate of drug-likeness (QED) is 0.744. The Hall–Kier alpha value is -2.17. The van der Waals surface area contributed by atoms with Gasteiger partial charge in [0.25, 0.3) is 0 Å². The topological polar surface area (TPSA) is 66.5 Å². The Morgan fingerprint density at radius 1 is 1.08 bits per heavy atom. The van der Waals surface area contributed by atoms with E-state index in [4.69, 9.17) is 0 Å². The number of hydrogen-bond acceptors (Lipinski definition) is 3. The minimum atomic E-state index is -0.180. The predicted octanol–water partition coefficient (Wildman–Crippen LogP) is 2.64. The average Bonchev–Trinajstić information content (AvgIpc) is 2.51. The van der Waals surface area contributed by atoms with E-state index >= 15 is 0 Å². The first-order chi connectivity index (χ1) is 11.2. The van der Waals surface area contributed by atoms with Gasteiger partial charge in [0.15, 0.2) is 5.78 Å². The molecule has 0 aliphatic heterocycles. The van der Waals surface area contributed by atoms with Gasteiger partial charge in [0.2, 0.25) is 11.8 Å². The largest absolute Gasteiger partial charge is 0.352 e. The third-order valence-electron chi connectivity index (χ3n) is 3.91. The Balaban J connectivity index is 2.57. The summed E-state index contributed by atoms with van der Waals surface area (Å²) in [4.78, 5) is 37.7. The molecule has 0 aliphatic carbocycles. The number of likely N-dealkylation sites (N-methyl/N-ethyl adjacent to an activating group) is 1. The van der Waals surface area contributed by atoms with Gasteiger partial charge < -0.3 is 10.2 Å². The fourth-order valence-electron chi connectivity index (χ4n) is 2.36. The highest BCUT2D eigenvalue weighted by Gasteiger charge is 2.17. The number of aryl methyl sites for hydroxylation is 2. The first kappa shape index (κ1) is 19.9. The minimum absolute atomic E-state index is 0.0331. The monoisotopic (exact) mass is 332 g/mol. The summed E-state index contributed by atoms with van der Waals surface area (Å²) in [5.41, 5.74) is 2.83. The molecule has 0 aromatic heterocycles. The Morgan fingerprint density at radius 3 is 2.29 bits per heavy atom. The van der Waals surface area contributed by atoms with Crippen LogP contribution in [0.1, 0.15) is 55.1 Å². The molecule has 0 aliphatic rings. The van der Waals surface area contributed by atoms with Crippen LogP contribution >= 0.6 is 0 Å². The fraction of sp³-hybridized carbons (Fsp3) is 0.526. The predicted molar refractivity (Wildman–Crippen MR) is 95.0 cm³/mol. The van der Waals surface area contributed by atoms with Gasteiger partial charge in [-0.1, -0.05) is 12.1 Å².